The summed E-state index contributed by atoms with van der Waals surface area (Å²) in [5.74, 6) is 4.60. The molecule has 13 nitrogen and oxygen atoms in total. The number of aromatic nitrogens is 2. The fraction of sp³-hybridized carbons (Fsp3) is 0.455. The van der Waals surface area contributed by atoms with Crippen molar-refractivity contribution in [1.82, 2.24) is 30.0 Å². The SMILES string of the molecule is COc1cc(N2CCC(N3CCN(CCOc4cccc5c4CN(C4CCCNC4)C5=C=O)CC3)CC2)ccc1Nc1ncc(Cl)c(Nc2ccccc2P(C)(C)=O)n1. The number of halogens is 1. The summed E-state index contributed by atoms with van der Waals surface area (Å²) in [5, 5.41) is 11.1. The third-order valence-corrected chi connectivity index (χ3v) is 14.0. The third kappa shape index (κ3) is 9.41. The predicted octanol–water partition coefficient (Wildman–Crippen LogP) is 6.28. The molecule has 3 N–H and O–H groups in total. The van der Waals surface area contributed by atoms with Crippen molar-refractivity contribution in [1.29, 1.82) is 0 Å². The van der Waals surface area contributed by atoms with Gasteiger partial charge in [0.1, 0.15) is 36.0 Å². The Kier molecular flexibility index (Phi) is 12.8. The minimum Gasteiger partial charge on any atom is -0.494 e. The van der Waals surface area contributed by atoms with E-state index in [1.165, 1.54) is 0 Å². The summed E-state index contributed by atoms with van der Waals surface area (Å²) < 4.78 is 25.1. The number of hydrogen-bond acceptors (Lipinski definition) is 13. The van der Waals surface area contributed by atoms with E-state index in [9.17, 15) is 9.36 Å². The zero-order valence-electron chi connectivity index (χ0n) is 34.3. The van der Waals surface area contributed by atoms with E-state index >= 15 is 0 Å². The van der Waals surface area contributed by atoms with Crippen LogP contribution in [0, 0.1) is 0 Å². The minimum atomic E-state index is -2.54. The fourth-order valence-corrected chi connectivity index (χ4v) is 10.2. The highest BCUT2D eigenvalue weighted by Crippen LogP contribution is 2.40. The Hall–Kier alpha value is -4.61. The number of methoxy groups -OCH3 is 1. The van der Waals surface area contributed by atoms with Gasteiger partial charge in [0.15, 0.2) is 11.8 Å². The summed E-state index contributed by atoms with van der Waals surface area (Å²) in [4.78, 5) is 30.9. The highest BCUT2D eigenvalue weighted by molar-refractivity contribution is 7.70. The van der Waals surface area contributed by atoms with E-state index in [0.29, 0.717) is 59.2 Å². The molecule has 4 aliphatic rings. The molecular formula is C44H55ClN9O4P. The predicted molar refractivity (Wildman–Crippen MR) is 238 cm³/mol. The van der Waals surface area contributed by atoms with Crippen molar-refractivity contribution in [3.8, 4) is 11.5 Å². The molecule has 3 aromatic carbocycles. The number of nitrogens with zero attached hydrogens (tertiary/aromatic N) is 6. The first kappa shape index (κ1) is 41.1. The fourth-order valence-electron chi connectivity index (χ4n) is 8.93. The average Bonchev–Trinajstić information content (AvgIpc) is 3.65. The number of hydrogen-bond donors (Lipinski definition) is 3. The average molecular weight is 840 g/mol. The van der Waals surface area contributed by atoms with Crippen LogP contribution < -0.4 is 35.6 Å². The lowest BCUT2D eigenvalue weighted by atomic mass is 10.0. The summed E-state index contributed by atoms with van der Waals surface area (Å²) in [5.41, 5.74) is 5.31. The zero-order chi connectivity index (χ0) is 40.9. The Labute approximate surface area is 352 Å². The van der Waals surface area contributed by atoms with Crippen LogP contribution in [0.5, 0.6) is 11.5 Å². The van der Waals surface area contributed by atoms with Crippen LogP contribution in [-0.2, 0) is 15.9 Å². The van der Waals surface area contributed by atoms with E-state index in [1.807, 2.05) is 48.5 Å². The molecule has 59 heavy (non-hydrogen) atoms. The first-order chi connectivity index (χ1) is 28.7. The van der Waals surface area contributed by atoms with Crippen molar-refractivity contribution < 1.29 is 18.8 Å². The van der Waals surface area contributed by atoms with Gasteiger partial charge >= 0.3 is 0 Å². The van der Waals surface area contributed by atoms with Gasteiger partial charge in [-0.3, -0.25) is 9.80 Å². The van der Waals surface area contributed by atoms with Crippen molar-refractivity contribution in [3.63, 3.8) is 0 Å². The Morgan fingerprint density at radius 3 is 2.49 bits per heavy atom. The van der Waals surface area contributed by atoms with Gasteiger partial charge in [-0.2, -0.15) is 4.98 Å². The van der Waals surface area contributed by atoms with E-state index < -0.39 is 7.14 Å². The molecule has 1 unspecified atom stereocenters. The molecule has 8 rings (SSSR count). The lowest BCUT2D eigenvalue weighted by molar-refractivity contribution is 0.0768. The van der Waals surface area contributed by atoms with Gasteiger partial charge < -0.3 is 39.8 Å². The van der Waals surface area contributed by atoms with Crippen LogP contribution in [0.4, 0.5) is 28.8 Å². The lowest BCUT2D eigenvalue weighted by Gasteiger charge is -2.43. The van der Waals surface area contributed by atoms with Gasteiger partial charge in [0.2, 0.25) is 5.95 Å². The molecule has 0 bridgehead atoms. The summed E-state index contributed by atoms with van der Waals surface area (Å²) in [6.07, 6.45) is 5.97. The number of benzene rings is 3. The van der Waals surface area contributed by atoms with E-state index in [-0.39, 0.29) is 0 Å². The molecule has 3 saturated heterocycles. The zero-order valence-corrected chi connectivity index (χ0v) is 35.9. The number of piperidine rings is 2. The number of para-hydroxylation sites is 1. The summed E-state index contributed by atoms with van der Waals surface area (Å²) >= 11 is 6.49. The largest absolute Gasteiger partial charge is 0.494 e. The second-order valence-corrected chi connectivity index (χ2v) is 19.8. The maximum absolute atomic E-state index is 12.9. The molecular weight excluding hydrogens is 785 g/mol. The third-order valence-electron chi connectivity index (χ3n) is 12.1. The van der Waals surface area contributed by atoms with Crippen LogP contribution in [0.15, 0.2) is 66.9 Å². The minimum absolute atomic E-state index is 0.314. The molecule has 15 heteroatoms. The summed E-state index contributed by atoms with van der Waals surface area (Å²) in [6, 6.07) is 20.6. The molecule has 0 radical (unpaired) electrons. The van der Waals surface area contributed by atoms with Gasteiger partial charge in [0.05, 0.1) is 24.7 Å². The molecule has 0 amide bonds. The highest BCUT2D eigenvalue weighted by atomic mass is 35.5. The number of piperazine rings is 1. The Bertz CT molecular complexity index is 2210. The molecule has 5 heterocycles. The lowest BCUT2D eigenvalue weighted by Crippen LogP contribution is -2.53. The van der Waals surface area contributed by atoms with Crippen molar-refractivity contribution in [2.45, 2.75) is 44.3 Å². The van der Waals surface area contributed by atoms with Gasteiger partial charge in [-0.05, 0) is 75.9 Å². The molecule has 312 valence electrons. The molecule has 1 atom stereocenters. The van der Waals surface area contributed by atoms with Gasteiger partial charge in [-0.1, -0.05) is 35.9 Å². The molecule has 4 aromatic rings. The quantitative estimate of drug-likeness (QED) is 0.103. The highest BCUT2D eigenvalue weighted by Gasteiger charge is 2.34. The molecule has 0 saturated carbocycles. The van der Waals surface area contributed by atoms with E-state index in [4.69, 9.17) is 21.1 Å². The van der Waals surface area contributed by atoms with Crippen molar-refractivity contribution in [2.75, 3.05) is 101 Å². The normalized spacial score (nSPS) is 19.3. The van der Waals surface area contributed by atoms with Crippen LogP contribution >= 0.6 is 18.7 Å². The molecule has 0 spiro atoms. The van der Waals surface area contributed by atoms with Gasteiger partial charge in [-0.25, -0.2) is 9.78 Å². The van der Waals surface area contributed by atoms with Crippen LogP contribution in [0.2, 0.25) is 5.02 Å². The first-order valence-corrected chi connectivity index (χ1v) is 23.7. The maximum atomic E-state index is 12.9. The maximum Gasteiger partial charge on any atom is 0.229 e. The van der Waals surface area contributed by atoms with Crippen LogP contribution in [-0.4, -0.2) is 129 Å². The smallest absolute Gasteiger partial charge is 0.229 e. The van der Waals surface area contributed by atoms with Crippen LogP contribution in [0.25, 0.3) is 5.70 Å². The Balaban J connectivity index is 0.804. The number of nitrogens with one attached hydrogen (secondary N) is 3. The van der Waals surface area contributed by atoms with Crippen LogP contribution in [0.3, 0.4) is 0 Å². The van der Waals surface area contributed by atoms with Crippen molar-refractivity contribution >= 4 is 64.5 Å². The first-order valence-electron chi connectivity index (χ1n) is 20.8. The molecule has 0 aliphatic carbocycles. The number of rotatable bonds is 13. The van der Waals surface area contributed by atoms with Gasteiger partial charge in [0, 0.05) is 99.2 Å². The topological polar surface area (TPSA) is 127 Å². The van der Waals surface area contributed by atoms with Crippen molar-refractivity contribution in [2.24, 2.45) is 0 Å². The second kappa shape index (κ2) is 18.3. The molecule has 1 aromatic heterocycles. The monoisotopic (exact) mass is 839 g/mol. The van der Waals surface area contributed by atoms with Gasteiger partial charge in [0.25, 0.3) is 0 Å². The van der Waals surface area contributed by atoms with Crippen molar-refractivity contribution in [3.05, 3.63) is 83.0 Å². The van der Waals surface area contributed by atoms with Gasteiger partial charge in [-0.15, -0.1) is 0 Å². The van der Waals surface area contributed by atoms with E-state index in [1.54, 1.807) is 26.6 Å². The summed E-state index contributed by atoms with van der Waals surface area (Å²) in [7, 11) is -0.870. The number of ether oxygens (including phenoxy) is 2. The van der Waals surface area contributed by atoms with E-state index in [0.717, 1.165) is 118 Å². The Morgan fingerprint density at radius 2 is 1.75 bits per heavy atom. The molecule has 3 fully saturated rings. The second-order valence-electron chi connectivity index (χ2n) is 16.2. The van der Waals surface area contributed by atoms with E-state index in [2.05, 4.69) is 63.6 Å². The molecule has 4 aliphatic heterocycles. The Morgan fingerprint density at radius 1 is 0.932 bits per heavy atom. The number of anilines is 5. The van der Waals surface area contributed by atoms with Crippen LogP contribution in [0.1, 0.15) is 36.8 Å². The number of fused-ring (bicyclic) bond motifs is 1. The number of carbonyl (C=O) groups excluding carboxylic acids is 1. The summed E-state index contributed by atoms with van der Waals surface area (Å²) in [6.45, 7) is 13.8. The standard InChI is InChI=1S/C44H55ClN9O4P/c1-57-41-26-32(13-14-37(41)49-44-47-28-36(45)43(50-44)48-38-10-4-5-12-42(38)59(2,3)56)52-18-15-31(16-19-52)53-22-20-51(21-23-53)24-25-58-40-11-6-9-34-35(40)29-54(39(34)30-55)33-8-7-17-46-27-33/h4-6,9-14,26,28,31,33,46H,7-8,15-25,27,29H2,1-3H3,(H2,47,48,49,50).